The summed E-state index contributed by atoms with van der Waals surface area (Å²) >= 11 is 1.67. The quantitative estimate of drug-likeness (QED) is 0.893. The van der Waals surface area contributed by atoms with Crippen molar-refractivity contribution in [1.29, 1.82) is 0 Å². The SMILES string of the molecule is COCc1nc(N2CCCC(C)(OC)C2)sc1CN. The van der Waals surface area contributed by atoms with Crippen LogP contribution in [0.2, 0.25) is 0 Å². The van der Waals surface area contributed by atoms with Gasteiger partial charge in [0.25, 0.3) is 0 Å². The number of hydrogen-bond donors (Lipinski definition) is 1. The number of methoxy groups -OCH3 is 2. The number of piperidine rings is 1. The Morgan fingerprint density at radius 1 is 1.47 bits per heavy atom. The molecule has 2 heterocycles. The highest BCUT2D eigenvalue weighted by Crippen LogP contribution is 2.32. The lowest BCUT2D eigenvalue weighted by Crippen LogP contribution is -2.47. The Hall–Kier alpha value is -0.690. The fourth-order valence-corrected chi connectivity index (χ4v) is 3.42. The van der Waals surface area contributed by atoms with E-state index in [0.717, 1.165) is 41.6 Å². The lowest BCUT2D eigenvalue weighted by Gasteiger charge is -2.39. The van der Waals surface area contributed by atoms with E-state index in [1.165, 1.54) is 0 Å². The van der Waals surface area contributed by atoms with Gasteiger partial charge in [0.05, 0.1) is 17.9 Å². The molecule has 1 fully saturated rings. The molecule has 6 heteroatoms. The van der Waals surface area contributed by atoms with Crippen LogP contribution in [-0.4, -0.2) is 37.9 Å². The van der Waals surface area contributed by atoms with Crippen LogP contribution in [0.4, 0.5) is 5.13 Å². The topological polar surface area (TPSA) is 60.6 Å². The Kier molecular flexibility index (Phi) is 4.78. The molecule has 1 aliphatic rings. The highest BCUT2D eigenvalue weighted by molar-refractivity contribution is 7.15. The third kappa shape index (κ3) is 3.25. The van der Waals surface area contributed by atoms with E-state index in [2.05, 4.69) is 16.8 Å². The first kappa shape index (κ1) is 14.7. The average molecular weight is 285 g/mol. The predicted octanol–water partition coefficient (Wildman–Crippen LogP) is 1.75. The fourth-order valence-electron chi connectivity index (χ4n) is 2.45. The van der Waals surface area contributed by atoms with E-state index >= 15 is 0 Å². The first-order chi connectivity index (χ1) is 9.11. The molecule has 0 aliphatic carbocycles. The number of aromatic nitrogens is 1. The molecule has 1 aromatic rings. The molecular formula is C13H23N3O2S. The monoisotopic (exact) mass is 285 g/mol. The molecule has 0 aromatic carbocycles. The van der Waals surface area contributed by atoms with Gasteiger partial charge in [0.1, 0.15) is 0 Å². The van der Waals surface area contributed by atoms with Crippen molar-refractivity contribution in [3.8, 4) is 0 Å². The van der Waals surface area contributed by atoms with Crippen LogP contribution in [-0.2, 0) is 22.6 Å². The minimum absolute atomic E-state index is 0.0752. The second kappa shape index (κ2) is 6.17. The molecule has 19 heavy (non-hydrogen) atoms. The number of rotatable bonds is 5. The van der Waals surface area contributed by atoms with E-state index in [-0.39, 0.29) is 5.60 Å². The lowest BCUT2D eigenvalue weighted by molar-refractivity contribution is -0.00467. The van der Waals surface area contributed by atoms with Crippen LogP contribution in [0.5, 0.6) is 0 Å². The summed E-state index contributed by atoms with van der Waals surface area (Å²) in [6.07, 6.45) is 2.22. The van der Waals surface area contributed by atoms with Gasteiger partial charge in [0.2, 0.25) is 0 Å². The van der Waals surface area contributed by atoms with E-state index in [4.69, 9.17) is 15.2 Å². The summed E-state index contributed by atoms with van der Waals surface area (Å²) in [5, 5.41) is 1.04. The maximum atomic E-state index is 5.77. The summed E-state index contributed by atoms with van der Waals surface area (Å²) in [6.45, 7) is 5.12. The first-order valence-electron chi connectivity index (χ1n) is 6.59. The van der Waals surface area contributed by atoms with Gasteiger partial charge < -0.3 is 20.1 Å². The minimum atomic E-state index is -0.0752. The summed E-state index contributed by atoms with van der Waals surface area (Å²) in [7, 11) is 3.47. The highest BCUT2D eigenvalue weighted by atomic mass is 32.1. The van der Waals surface area contributed by atoms with Crippen molar-refractivity contribution >= 4 is 16.5 Å². The largest absolute Gasteiger partial charge is 0.378 e. The van der Waals surface area contributed by atoms with E-state index in [1.807, 2.05) is 0 Å². The molecule has 0 spiro atoms. The van der Waals surface area contributed by atoms with Crippen LogP contribution < -0.4 is 10.6 Å². The van der Waals surface area contributed by atoms with Crippen molar-refractivity contribution in [3.63, 3.8) is 0 Å². The number of nitrogens with zero attached hydrogens (tertiary/aromatic N) is 2. The van der Waals surface area contributed by atoms with Gasteiger partial charge in [0, 0.05) is 38.7 Å². The van der Waals surface area contributed by atoms with E-state index in [9.17, 15) is 0 Å². The summed E-state index contributed by atoms with van der Waals surface area (Å²) in [4.78, 5) is 8.09. The summed E-state index contributed by atoms with van der Waals surface area (Å²) < 4.78 is 10.8. The third-order valence-corrected chi connectivity index (χ3v) is 4.84. The van der Waals surface area contributed by atoms with Gasteiger partial charge in [-0.15, -0.1) is 11.3 Å². The second-order valence-corrected chi connectivity index (χ2v) is 6.24. The normalized spacial score (nSPS) is 23.9. The molecule has 0 radical (unpaired) electrons. The molecule has 2 rings (SSSR count). The maximum Gasteiger partial charge on any atom is 0.186 e. The second-order valence-electron chi connectivity index (χ2n) is 5.18. The average Bonchev–Trinajstić information content (AvgIpc) is 2.82. The number of nitrogens with two attached hydrogens (primary N) is 1. The molecule has 1 unspecified atom stereocenters. The van der Waals surface area contributed by atoms with Gasteiger partial charge in [-0.1, -0.05) is 0 Å². The smallest absolute Gasteiger partial charge is 0.186 e. The summed E-state index contributed by atoms with van der Waals surface area (Å²) in [6, 6.07) is 0. The molecular weight excluding hydrogens is 262 g/mol. The van der Waals surface area contributed by atoms with Crippen LogP contribution in [0.25, 0.3) is 0 Å². The Morgan fingerprint density at radius 2 is 2.26 bits per heavy atom. The molecule has 5 nitrogen and oxygen atoms in total. The molecule has 1 aromatic heterocycles. The summed E-state index contributed by atoms with van der Waals surface area (Å²) in [5.74, 6) is 0. The molecule has 1 atom stereocenters. The molecule has 0 amide bonds. The van der Waals surface area contributed by atoms with Crippen LogP contribution >= 0.6 is 11.3 Å². The van der Waals surface area contributed by atoms with Crippen molar-refractivity contribution in [3.05, 3.63) is 10.6 Å². The molecule has 0 saturated carbocycles. The fraction of sp³-hybridized carbons (Fsp3) is 0.769. The van der Waals surface area contributed by atoms with Crippen LogP contribution in [0.3, 0.4) is 0 Å². The lowest BCUT2D eigenvalue weighted by atomic mass is 9.95. The van der Waals surface area contributed by atoms with Crippen molar-refractivity contribution in [2.45, 2.75) is 38.5 Å². The number of ether oxygens (including phenoxy) is 2. The van der Waals surface area contributed by atoms with Crippen molar-refractivity contribution in [1.82, 2.24) is 4.98 Å². The maximum absolute atomic E-state index is 5.77. The molecule has 0 bridgehead atoms. The van der Waals surface area contributed by atoms with Crippen LogP contribution in [0, 0.1) is 0 Å². The number of hydrogen-bond acceptors (Lipinski definition) is 6. The highest BCUT2D eigenvalue weighted by Gasteiger charge is 2.32. The molecule has 1 saturated heterocycles. The van der Waals surface area contributed by atoms with Gasteiger partial charge in [0.15, 0.2) is 5.13 Å². The van der Waals surface area contributed by atoms with E-state index in [0.29, 0.717) is 13.2 Å². The number of anilines is 1. The zero-order valence-corrected chi connectivity index (χ0v) is 12.8. The van der Waals surface area contributed by atoms with Gasteiger partial charge in [-0.3, -0.25) is 0 Å². The van der Waals surface area contributed by atoms with Crippen molar-refractivity contribution in [2.75, 3.05) is 32.2 Å². The predicted molar refractivity (Wildman–Crippen MR) is 77.6 cm³/mol. The molecule has 2 N–H and O–H groups in total. The van der Waals surface area contributed by atoms with Gasteiger partial charge in [-0.25, -0.2) is 4.98 Å². The van der Waals surface area contributed by atoms with Gasteiger partial charge in [-0.2, -0.15) is 0 Å². The Morgan fingerprint density at radius 3 is 2.89 bits per heavy atom. The van der Waals surface area contributed by atoms with E-state index in [1.54, 1.807) is 25.6 Å². The first-order valence-corrected chi connectivity index (χ1v) is 7.41. The zero-order chi connectivity index (χ0) is 13.9. The standard InChI is InChI=1S/C13H23N3O2S/c1-13(18-3)5-4-6-16(9-13)12-15-10(8-17-2)11(7-14)19-12/h4-9,14H2,1-3H3. The van der Waals surface area contributed by atoms with Crippen LogP contribution in [0.15, 0.2) is 0 Å². The molecule has 1 aliphatic heterocycles. The van der Waals surface area contributed by atoms with Gasteiger partial charge >= 0.3 is 0 Å². The zero-order valence-electron chi connectivity index (χ0n) is 11.9. The van der Waals surface area contributed by atoms with Gasteiger partial charge in [-0.05, 0) is 19.8 Å². The molecule has 108 valence electrons. The minimum Gasteiger partial charge on any atom is -0.378 e. The summed E-state index contributed by atoms with van der Waals surface area (Å²) in [5.41, 5.74) is 6.67. The Labute approximate surface area is 118 Å². The van der Waals surface area contributed by atoms with Crippen molar-refractivity contribution < 1.29 is 9.47 Å². The number of thiazole rings is 1. The third-order valence-electron chi connectivity index (χ3n) is 3.66. The Bertz CT molecular complexity index is 424. The van der Waals surface area contributed by atoms with E-state index < -0.39 is 0 Å². The Balaban J connectivity index is 2.17. The van der Waals surface area contributed by atoms with Crippen LogP contribution in [0.1, 0.15) is 30.3 Å². The van der Waals surface area contributed by atoms with Crippen molar-refractivity contribution in [2.24, 2.45) is 5.73 Å².